The molecule has 7 heteroatoms. The van der Waals surface area contributed by atoms with Gasteiger partial charge >= 0.3 is 12.0 Å². The van der Waals surface area contributed by atoms with Crippen LogP contribution in [-0.4, -0.2) is 41.1 Å². The van der Waals surface area contributed by atoms with E-state index in [1.165, 1.54) is 0 Å². The zero-order valence-corrected chi connectivity index (χ0v) is 12.4. The topological polar surface area (TPSA) is 108 Å². The fourth-order valence-corrected chi connectivity index (χ4v) is 2.67. The molecule has 118 valence electrons. The molecule has 0 aromatic rings. The van der Waals surface area contributed by atoms with Crippen molar-refractivity contribution in [2.24, 2.45) is 5.41 Å². The van der Waals surface area contributed by atoms with Crippen LogP contribution in [0.15, 0.2) is 0 Å². The standard InChI is InChI=1S/C14H23N3O4/c1-8(11(18)16-9-5-6-9)15-13(21)17-10-4-3-7-14(10,2)12(19)20/h8-10H,3-7H2,1-2H3,(H,16,18)(H,19,20)(H2,15,17,21). The van der Waals surface area contributed by atoms with Crippen molar-refractivity contribution in [1.82, 2.24) is 16.0 Å². The number of nitrogens with one attached hydrogen (secondary N) is 3. The highest BCUT2D eigenvalue weighted by molar-refractivity contribution is 5.87. The van der Waals surface area contributed by atoms with Gasteiger partial charge in [-0.1, -0.05) is 6.42 Å². The second kappa shape index (κ2) is 5.91. The van der Waals surface area contributed by atoms with Gasteiger partial charge in [-0.25, -0.2) is 4.79 Å². The third-order valence-electron chi connectivity index (χ3n) is 4.42. The maximum absolute atomic E-state index is 11.9. The molecule has 3 atom stereocenters. The van der Waals surface area contributed by atoms with Crippen molar-refractivity contribution in [1.29, 1.82) is 0 Å². The summed E-state index contributed by atoms with van der Waals surface area (Å²) in [5.41, 5.74) is -0.934. The lowest BCUT2D eigenvalue weighted by Gasteiger charge is -2.28. The van der Waals surface area contributed by atoms with E-state index in [9.17, 15) is 19.5 Å². The minimum atomic E-state index is -0.934. The monoisotopic (exact) mass is 297 g/mol. The zero-order chi connectivity index (χ0) is 15.6. The summed E-state index contributed by atoms with van der Waals surface area (Å²) in [5.74, 6) is -1.11. The highest BCUT2D eigenvalue weighted by Crippen LogP contribution is 2.38. The van der Waals surface area contributed by atoms with Crippen molar-refractivity contribution in [3.05, 3.63) is 0 Å². The van der Waals surface area contributed by atoms with Crippen LogP contribution in [-0.2, 0) is 9.59 Å². The van der Waals surface area contributed by atoms with Crippen molar-refractivity contribution in [2.45, 2.75) is 64.1 Å². The minimum absolute atomic E-state index is 0.208. The molecule has 7 nitrogen and oxygen atoms in total. The average Bonchev–Trinajstić information content (AvgIpc) is 3.13. The molecule has 4 N–H and O–H groups in total. The first-order valence-corrected chi connectivity index (χ1v) is 7.44. The molecular formula is C14H23N3O4. The summed E-state index contributed by atoms with van der Waals surface area (Å²) in [7, 11) is 0. The Morgan fingerprint density at radius 2 is 1.86 bits per heavy atom. The SMILES string of the molecule is CC(NC(=O)NC1CCCC1(C)C(=O)O)C(=O)NC1CC1. The molecule has 2 fully saturated rings. The fraction of sp³-hybridized carbons (Fsp3) is 0.786. The van der Waals surface area contributed by atoms with Crippen molar-refractivity contribution >= 4 is 17.9 Å². The Hall–Kier alpha value is -1.79. The Bertz CT molecular complexity index is 450. The molecule has 3 unspecified atom stereocenters. The van der Waals surface area contributed by atoms with Crippen molar-refractivity contribution in [2.75, 3.05) is 0 Å². The van der Waals surface area contributed by atoms with Crippen molar-refractivity contribution in [3.8, 4) is 0 Å². The van der Waals surface area contributed by atoms with Crippen LogP contribution in [0.1, 0.15) is 46.0 Å². The molecule has 2 aliphatic carbocycles. The first-order chi connectivity index (χ1) is 9.83. The molecule has 2 rings (SSSR count). The van der Waals surface area contributed by atoms with Crippen LogP contribution >= 0.6 is 0 Å². The van der Waals surface area contributed by atoms with Crippen molar-refractivity contribution < 1.29 is 19.5 Å². The highest BCUT2D eigenvalue weighted by Gasteiger charge is 2.46. The quantitative estimate of drug-likeness (QED) is 0.596. The smallest absolute Gasteiger partial charge is 0.315 e. The maximum atomic E-state index is 11.9. The van der Waals surface area contributed by atoms with Gasteiger partial charge in [0.2, 0.25) is 5.91 Å². The molecule has 2 aliphatic rings. The lowest BCUT2D eigenvalue weighted by atomic mass is 9.85. The van der Waals surface area contributed by atoms with Gasteiger partial charge in [0.25, 0.3) is 0 Å². The Kier molecular flexibility index (Phi) is 4.39. The second-order valence-electron chi connectivity index (χ2n) is 6.29. The Labute approximate surface area is 123 Å². The van der Waals surface area contributed by atoms with Gasteiger partial charge in [0.05, 0.1) is 5.41 Å². The molecule has 0 heterocycles. The van der Waals surface area contributed by atoms with Crippen LogP contribution in [0.3, 0.4) is 0 Å². The van der Waals surface area contributed by atoms with E-state index in [0.717, 1.165) is 19.3 Å². The molecule has 0 aromatic heterocycles. The largest absolute Gasteiger partial charge is 0.481 e. The normalized spacial score (nSPS) is 29.5. The van der Waals surface area contributed by atoms with Gasteiger partial charge in [-0.3, -0.25) is 9.59 Å². The molecule has 2 saturated carbocycles. The predicted octanol–water partition coefficient (Wildman–Crippen LogP) is 0.596. The van der Waals surface area contributed by atoms with E-state index in [2.05, 4.69) is 16.0 Å². The Morgan fingerprint density at radius 3 is 2.43 bits per heavy atom. The van der Waals surface area contributed by atoms with Crippen LogP contribution in [0.2, 0.25) is 0 Å². The number of aliphatic carboxylic acids is 1. The number of carboxylic acid groups (broad SMARTS) is 1. The average molecular weight is 297 g/mol. The molecule has 21 heavy (non-hydrogen) atoms. The molecule has 0 spiro atoms. The maximum Gasteiger partial charge on any atom is 0.315 e. The summed E-state index contributed by atoms with van der Waals surface area (Å²) in [6.07, 6.45) is 3.93. The molecule has 0 radical (unpaired) electrons. The summed E-state index contributed by atoms with van der Waals surface area (Å²) in [4.78, 5) is 35.0. The van der Waals surface area contributed by atoms with E-state index in [1.54, 1.807) is 13.8 Å². The van der Waals surface area contributed by atoms with E-state index in [1.807, 2.05) is 0 Å². The third kappa shape index (κ3) is 3.65. The number of hydrogen-bond donors (Lipinski definition) is 4. The van der Waals surface area contributed by atoms with E-state index < -0.39 is 29.5 Å². The first kappa shape index (κ1) is 15.6. The summed E-state index contributed by atoms with van der Waals surface area (Å²) in [6, 6.07) is -1.29. The number of hydrogen-bond acceptors (Lipinski definition) is 3. The third-order valence-corrected chi connectivity index (χ3v) is 4.42. The fourth-order valence-electron chi connectivity index (χ4n) is 2.67. The molecule has 0 bridgehead atoms. The van der Waals surface area contributed by atoms with Crippen LogP contribution in [0, 0.1) is 5.41 Å². The van der Waals surface area contributed by atoms with E-state index in [-0.39, 0.29) is 11.9 Å². The number of rotatable bonds is 5. The van der Waals surface area contributed by atoms with Gasteiger partial charge in [-0.05, 0) is 39.5 Å². The predicted molar refractivity (Wildman–Crippen MR) is 75.7 cm³/mol. The Morgan fingerprint density at radius 1 is 1.19 bits per heavy atom. The van der Waals surface area contributed by atoms with E-state index in [0.29, 0.717) is 12.8 Å². The number of carboxylic acids is 1. The number of urea groups is 1. The van der Waals surface area contributed by atoms with Gasteiger partial charge in [-0.2, -0.15) is 0 Å². The van der Waals surface area contributed by atoms with Gasteiger partial charge in [0, 0.05) is 12.1 Å². The second-order valence-corrected chi connectivity index (χ2v) is 6.29. The van der Waals surface area contributed by atoms with Crippen LogP contribution in [0.5, 0.6) is 0 Å². The van der Waals surface area contributed by atoms with Gasteiger partial charge < -0.3 is 21.1 Å². The lowest BCUT2D eigenvalue weighted by Crippen LogP contribution is -2.54. The Balaban J connectivity index is 1.83. The number of carbonyl (C=O) groups excluding carboxylic acids is 2. The highest BCUT2D eigenvalue weighted by atomic mass is 16.4. The number of carbonyl (C=O) groups is 3. The van der Waals surface area contributed by atoms with Crippen LogP contribution < -0.4 is 16.0 Å². The zero-order valence-electron chi connectivity index (χ0n) is 12.4. The molecule has 0 saturated heterocycles. The molecule has 3 amide bonds. The molecule has 0 aliphatic heterocycles. The minimum Gasteiger partial charge on any atom is -0.481 e. The summed E-state index contributed by atoms with van der Waals surface area (Å²) < 4.78 is 0. The lowest BCUT2D eigenvalue weighted by molar-refractivity contribution is -0.148. The summed E-state index contributed by atoms with van der Waals surface area (Å²) in [6.45, 7) is 3.26. The van der Waals surface area contributed by atoms with E-state index in [4.69, 9.17) is 0 Å². The van der Waals surface area contributed by atoms with Gasteiger partial charge in [-0.15, -0.1) is 0 Å². The van der Waals surface area contributed by atoms with Crippen LogP contribution in [0.4, 0.5) is 4.79 Å². The van der Waals surface area contributed by atoms with Crippen LogP contribution in [0.25, 0.3) is 0 Å². The van der Waals surface area contributed by atoms with Crippen molar-refractivity contribution in [3.63, 3.8) is 0 Å². The number of amides is 3. The molecular weight excluding hydrogens is 274 g/mol. The van der Waals surface area contributed by atoms with Gasteiger partial charge in [0.1, 0.15) is 6.04 Å². The van der Waals surface area contributed by atoms with E-state index >= 15 is 0 Å². The van der Waals surface area contributed by atoms with Gasteiger partial charge in [0.15, 0.2) is 0 Å². The molecule has 0 aromatic carbocycles. The summed E-state index contributed by atoms with van der Waals surface area (Å²) >= 11 is 0. The summed E-state index contributed by atoms with van der Waals surface area (Å²) in [5, 5.41) is 17.4. The first-order valence-electron chi connectivity index (χ1n) is 7.44.